The summed E-state index contributed by atoms with van der Waals surface area (Å²) in [7, 11) is 0. The summed E-state index contributed by atoms with van der Waals surface area (Å²) in [6, 6.07) is 10.1. The van der Waals surface area contributed by atoms with Crippen LogP contribution in [0.2, 0.25) is 0 Å². The minimum absolute atomic E-state index is 0.0136. The first-order valence-corrected chi connectivity index (χ1v) is 8.59. The Hall–Kier alpha value is -3.03. The standard InChI is InChI=1S/C20H21F3N2O3/c1-13-7-8-17(14(2)11-13)28-12-18(26)24-9-10-25-19(27)15-5-3-4-6-16(15)20(21,22)23/h3-8,11H,9-10,12H2,1-2H3,(H,24,26)(H,25,27). The molecule has 0 saturated heterocycles. The number of nitrogens with one attached hydrogen (secondary N) is 2. The number of alkyl halides is 3. The molecule has 0 aliphatic rings. The molecule has 2 N–H and O–H groups in total. The van der Waals surface area contributed by atoms with Crippen molar-refractivity contribution in [1.82, 2.24) is 10.6 Å². The van der Waals surface area contributed by atoms with Crippen molar-refractivity contribution in [3.05, 3.63) is 64.7 Å². The molecule has 2 amide bonds. The van der Waals surface area contributed by atoms with E-state index in [0.29, 0.717) is 5.75 Å². The maximum atomic E-state index is 12.9. The van der Waals surface area contributed by atoms with Crippen molar-refractivity contribution in [2.75, 3.05) is 19.7 Å². The van der Waals surface area contributed by atoms with Crippen molar-refractivity contribution in [3.8, 4) is 5.75 Å². The minimum Gasteiger partial charge on any atom is -0.484 e. The molecule has 0 spiro atoms. The quantitative estimate of drug-likeness (QED) is 0.709. The maximum Gasteiger partial charge on any atom is 0.417 e. The van der Waals surface area contributed by atoms with Crippen LogP contribution in [-0.2, 0) is 11.0 Å². The van der Waals surface area contributed by atoms with E-state index in [4.69, 9.17) is 4.74 Å². The Morgan fingerprint density at radius 1 is 1.00 bits per heavy atom. The monoisotopic (exact) mass is 394 g/mol. The Morgan fingerprint density at radius 3 is 2.36 bits per heavy atom. The molecule has 150 valence electrons. The fourth-order valence-corrected chi connectivity index (χ4v) is 2.56. The van der Waals surface area contributed by atoms with E-state index >= 15 is 0 Å². The molecule has 28 heavy (non-hydrogen) atoms. The van der Waals surface area contributed by atoms with Gasteiger partial charge in [0, 0.05) is 13.1 Å². The molecule has 5 nitrogen and oxygen atoms in total. The lowest BCUT2D eigenvalue weighted by Crippen LogP contribution is -2.37. The largest absolute Gasteiger partial charge is 0.484 e. The topological polar surface area (TPSA) is 67.4 Å². The van der Waals surface area contributed by atoms with E-state index < -0.39 is 29.1 Å². The van der Waals surface area contributed by atoms with Crippen LogP contribution in [0.1, 0.15) is 27.0 Å². The van der Waals surface area contributed by atoms with E-state index in [-0.39, 0.29) is 19.7 Å². The average Bonchev–Trinajstić information content (AvgIpc) is 2.63. The lowest BCUT2D eigenvalue weighted by atomic mass is 10.1. The summed E-state index contributed by atoms with van der Waals surface area (Å²) in [6.45, 7) is 3.67. The van der Waals surface area contributed by atoms with Gasteiger partial charge in [0.2, 0.25) is 0 Å². The molecule has 2 aromatic rings. The maximum absolute atomic E-state index is 12.9. The van der Waals surface area contributed by atoms with Gasteiger partial charge in [-0.2, -0.15) is 13.2 Å². The molecule has 0 saturated carbocycles. The van der Waals surface area contributed by atoms with Gasteiger partial charge in [-0.25, -0.2) is 0 Å². The lowest BCUT2D eigenvalue weighted by Gasteiger charge is -2.13. The van der Waals surface area contributed by atoms with E-state index in [9.17, 15) is 22.8 Å². The SMILES string of the molecule is Cc1ccc(OCC(=O)NCCNC(=O)c2ccccc2C(F)(F)F)c(C)c1. The van der Waals surface area contributed by atoms with Gasteiger partial charge in [0.25, 0.3) is 11.8 Å². The fraction of sp³-hybridized carbons (Fsp3) is 0.300. The molecule has 0 aliphatic heterocycles. The smallest absolute Gasteiger partial charge is 0.417 e. The molecule has 0 bridgehead atoms. The number of aryl methyl sites for hydroxylation is 2. The number of carbonyl (C=O) groups is 2. The number of carbonyl (C=O) groups excluding carboxylic acids is 2. The predicted molar refractivity (Wildman–Crippen MR) is 98.2 cm³/mol. The van der Waals surface area contributed by atoms with Gasteiger partial charge in [0.1, 0.15) is 5.75 Å². The highest BCUT2D eigenvalue weighted by Gasteiger charge is 2.34. The normalized spacial score (nSPS) is 11.0. The van der Waals surface area contributed by atoms with E-state index in [2.05, 4.69) is 10.6 Å². The predicted octanol–water partition coefficient (Wildman–Crippen LogP) is 3.25. The third kappa shape index (κ3) is 6.00. The molecule has 2 aromatic carbocycles. The third-order valence-corrected chi connectivity index (χ3v) is 3.90. The molecule has 0 heterocycles. The van der Waals surface area contributed by atoms with Crippen molar-refractivity contribution in [2.45, 2.75) is 20.0 Å². The van der Waals surface area contributed by atoms with Gasteiger partial charge in [-0.15, -0.1) is 0 Å². The fourth-order valence-electron chi connectivity index (χ4n) is 2.56. The Morgan fingerprint density at radius 2 is 1.68 bits per heavy atom. The number of rotatable bonds is 7. The van der Waals surface area contributed by atoms with Gasteiger partial charge in [-0.3, -0.25) is 9.59 Å². The van der Waals surface area contributed by atoms with Crippen molar-refractivity contribution < 1.29 is 27.5 Å². The highest BCUT2D eigenvalue weighted by Crippen LogP contribution is 2.31. The molecule has 2 rings (SSSR count). The minimum atomic E-state index is -4.62. The van der Waals surface area contributed by atoms with Crippen molar-refractivity contribution in [1.29, 1.82) is 0 Å². The van der Waals surface area contributed by atoms with E-state index in [0.717, 1.165) is 23.3 Å². The Bertz CT molecular complexity index is 851. The van der Waals surface area contributed by atoms with Crippen LogP contribution in [0.25, 0.3) is 0 Å². The van der Waals surface area contributed by atoms with Gasteiger partial charge in [0.15, 0.2) is 6.61 Å². The van der Waals surface area contributed by atoms with Crippen LogP contribution in [0, 0.1) is 13.8 Å². The number of hydrogen-bond donors (Lipinski definition) is 2. The van der Waals surface area contributed by atoms with Crippen LogP contribution < -0.4 is 15.4 Å². The first-order chi connectivity index (χ1) is 13.2. The van der Waals surface area contributed by atoms with Crippen molar-refractivity contribution in [2.24, 2.45) is 0 Å². The number of benzene rings is 2. The Labute approximate surface area is 160 Å². The highest BCUT2D eigenvalue weighted by atomic mass is 19.4. The van der Waals surface area contributed by atoms with Crippen molar-refractivity contribution >= 4 is 11.8 Å². The number of ether oxygens (including phenoxy) is 1. The van der Waals surface area contributed by atoms with Crippen LogP contribution in [0.15, 0.2) is 42.5 Å². The molecule has 0 radical (unpaired) electrons. The molecule has 0 atom stereocenters. The van der Waals surface area contributed by atoms with Crippen molar-refractivity contribution in [3.63, 3.8) is 0 Å². The molecule has 8 heteroatoms. The summed E-state index contributed by atoms with van der Waals surface area (Å²) in [4.78, 5) is 23.8. The lowest BCUT2D eigenvalue weighted by molar-refractivity contribution is -0.138. The second-order valence-corrected chi connectivity index (χ2v) is 6.21. The molecular weight excluding hydrogens is 373 g/mol. The molecule has 0 unspecified atom stereocenters. The molecular formula is C20H21F3N2O3. The van der Waals surface area contributed by atoms with Gasteiger partial charge in [0.05, 0.1) is 11.1 Å². The van der Waals surface area contributed by atoms with E-state index in [1.165, 1.54) is 12.1 Å². The summed E-state index contributed by atoms with van der Waals surface area (Å²) in [5.74, 6) is -0.656. The van der Waals surface area contributed by atoms with Crippen LogP contribution in [0.4, 0.5) is 13.2 Å². The zero-order chi connectivity index (χ0) is 20.7. The highest BCUT2D eigenvalue weighted by molar-refractivity contribution is 5.95. The molecule has 0 fully saturated rings. The van der Waals surface area contributed by atoms with Crippen LogP contribution in [-0.4, -0.2) is 31.5 Å². The summed E-state index contributed by atoms with van der Waals surface area (Å²) in [5, 5.41) is 4.90. The van der Waals surface area contributed by atoms with Crippen LogP contribution >= 0.6 is 0 Å². The summed E-state index contributed by atoms with van der Waals surface area (Å²) >= 11 is 0. The first-order valence-electron chi connectivity index (χ1n) is 8.59. The second-order valence-electron chi connectivity index (χ2n) is 6.21. The zero-order valence-corrected chi connectivity index (χ0v) is 15.5. The zero-order valence-electron chi connectivity index (χ0n) is 15.5. The second kappa shape index (κ2) is 9.25. The Balaban J connectivity index is 1.77. The summed E-state index contributed by atoms with van der Waals surface area (Å²) < 4.78 is 44.2. The third-order valence-electron chi connectivity index (χ3n) is 3.90. The van der Waals surface area contributed by atoms with E-state index in [1.54, 1.807) is 6.07 Å². The average molecular weight is 394 g/mol. The summed E-state index contributed by atoms with van der Waals surface area (Å²) in [6.07, 6.45) is -4.62. The first kappa shape index (κ1) is 21.3. The van der Waals surface area contributed by atoms with Gasteiger partial charge in [-0.05, 0) is 37.6 Å². The number of hydrogen-bond acceptors (Lipinski definition) is 3. The molecule has 0 aromatic heterocycles. The van der Waals surface area contributed by atoms with Crippen LogP contribution in [0.5, 0.6) is 5.75 Å². The van der Waals surface area contributed by atoms with Gasteiger partial charge in [-0.1, -0.05) is 29.8 Å². The summed E-state index contributed by atoms with van der Waals surface area (Å²) in [5.41, 5.74) is 0.526. The van der Waals surface area contributed by atoms with E-state index in [1.807, 2.05) is 26.0 Å². The number of amides is 2. The van der Waals surface area contributed by atoms with Crippen LogP contribution in [0.3, 0.4) is 0 Å². The van der Waals surface area contributed by atoms with Gasteiger partial charge < -0.3 is 15.4 Å². The number of halogens is 3. The van der Waals surface area contributed by atoms with Gasteiger partial charge >= 0.3 is 6.18 Å². The molecule has 0 aliphatic carbocycles. The Kier molecular flexibility index (Phi) is 7.03.